The molecule has 0 fully saturated rings. The summed E-state index contributed by atoms with van der Waals surface area (Å²) in [6.07, 6.45) is -1.06. The van der Waals surface area contributed by atoms with Gasteiger partial charge in [0.05, 0.1) is 15.6 Å². The van der Waals surface area contributed by atoms with Gasteiger partial charge in [0.1, 0.15) is 5.82 Å². The van der Waals surface area contributed by atoms with Crippen LogP contribution in [0.4, 0.5) is 15.8 Å². The highest BCUT2D eigenvalue weighted by Crippen LogP contribution is 2.31. The lowest BCUT2D eigenvalue weighted by molar-refractivity contribution is -0.386. The van der Waals surface area contributed by atoms with Crippen molar-refractivity contribution >= 4 is 40.5 Å². The van der Waals surface area contributed by atoms with E-state index in [-0.39, 0.29) is 27.2 Å². The highest BCUT2D eigenvalue weighted by molar-refractivity contribution is 6.33. The molecule has 0 bridgehead atoms. The number of nitro benzene ring substituents is 1. The number of nitro groups is 1. The molecule has 0 saturated carbocycles. The first-order valence-corrected chi connectivity index (χ1v) is 7.40. The fraction of sp³-hybridized carbons (Fsp3) is 0.133. The van der Waals surface area contributed by atoms with Crippen LogP contribution in [0.5, 0.6) is 5.75 Å². The van der Waals surface area contributed by atoms with Gasteiger partial charge in [0, 0.05) is 11.1 Å². The maximum Gasteiger partial charge on any atom is 0.312 e. The van der Waals surface area contributed by atoms with Crippen molar-refractivity contribution in [1.82, 2.24) is 0 Å². The van der Waals surface area contributed by atoms with E-state index in [4.69, 9.17) is 27.9 Å². The monoisotopic (exact) mass is 372 g/mol. The highest BCUT2D eigenvalue weighted by atomic mass is 35.5. The number of carbonyl (C=O) groups is 1. The smallest absolute Gasteiger partial charge is 0.312 e. The normalized spacial score (nSPS) is 11.7. The minimum absolute atomic E-state index is 0.0213. The van der Waals surface area contributed by atoms with Crippen molar-refractivity contribution in [2.75, 3.05) is 5.32 Å². The number of halogens is 3. The fourth-order valence-corrected chi connectivity index (χ4v) is 2.18. The van der Waals surface area contributed by atoms with Crippen LogP contribution in [0.25, 0.3) is 0 Å². The number of hydrogen-bond donors (Lipinski definition) is 1. The van der Waals surface area contributed by atoms with Crippen LogP contribution in [0.3, 0.4) is 0 Å². The molecule has 2 aromatic rings. The average molecular weight is 373 g/mol. The van der Waals surface area contributed by atoms with Crippen LogP contribution in [0.15, 0.2) is 36.4 Å². The van der Waals surface area contributed by atoms with E-state index in [0.717, 1.165) is 18.2 Å². The van der Waals surface area contributed by atoms with Crippen LogP contribution >= 0.6 is 23.2 Å². The Hall–Kier alpha value is -2.38. The molecule has 0 spiro atoms. The number of nitrogens with zero attached hydrogens (tertiary/aromatic N) is 1. The van der Waals surface area contributed by atoms with Gasteiger partial charge in [0.2, 0.25) is 0 Å². The van der Waals surface area contributed by atoms with Gasteiger partial charge in [0.25, 0.3) is 5.91 Å². The Kier molecular flexibility index (Phi) is 5.58. The number of amides is 1. The first-order chi connectivity index (χ1) is 11.3. The SMILES string of the molecule is C[C@H](Oc1ccc(Cl)cc1[N+](=O)[O-])C(=O)Nc1ccc(F)cc1Cl. The van der Waals surface area contributed by atoms with E-state index in [1.165, 1.54) is 25.1 Å². The quantitative estimate of drug-likeness (QED) is 0.620. The molecule has 0 aromatic heterocycles. The van der Waals surface area contributed by atoms with E-state index in [9.17, 15) is 19.3 Å². The molecule has 1 atom stereocenters. The number of rotatable bonds is 5. The van der Waals surface area contributed by atoms with E-state index in [2.05, 4.69) is 5.32 Å². The van der Waals surface area contributed by atoms with Crippen LogP contribution in [-0.2, 0) is 4.79 Å². The topological polar surface area (TPSA) is 81.5 Å². The Morgan fingerprint density at radius 2 is 2.00 bits per heavy atom. The number of anilines is 1. The zero-order valence-electron chi connectivity index (χ0n) is 12.3. The third-order valence-corrected chi connectivity index (χ3v) is 3.53. The second kappa shape index (κ2) is 7.46. The maximum absolute atomic E-state index is 13.0. The van der Waals surface area contributed by atoms with Crippen LogP contribution in [0.1, 0.15) is 6.92 Å². The fourth-order valence-electron chi connectivity index (χ4n) is 1.80. The van der Waals surface area contributed by atoms with E-state index in [0.29, 0.717) is 0 Å². The Balaban J connectivity index is 2.13. The van der Waals surface area contributed by atoms with Gasteiger partial charge in [-0.1, -0.05) is 23.2 Å². The zero-order valence-corrected chi connectivity index (χ0v) is 13.8. The van der Waals surface area contributed by atoms with Gasteiger partial charge >= 0.3 is 5.69 Å². The summed E-state index contributed by atoms with van der Waals surface area (Å²) in [5, 5.41) is 13.7. The van der Waals surface area contributed by atoms with Crippen LogP contribution in [0.2, 0.25) is 10.0 Å². The summed E-state index contributed by atoms with van der Waals surface area (Å²) in [5.74, 6) is -1.25. The second-order valence-corrected chi connectivity index (χ2v) is 5.59. The Labute approximate surface area is 146 Å². The van der Waals surface area contributed by atoms with Crippen LogP contribution in [0, 0.1) is 15.9 Å². The molecule has 2 aromatic carbocycles. The van der Waals surface area contributed by atoms with Gasteiger partial charge in [-0.05, 0) is 37.3 Å². The lowest BCUT2D eigenvalue weighted by atomic mass is 10.2. The number of nitrogens with one attached hydrogen (secondary N) is 1. The third kappa shape index (κ3) is 4.33. The second-order valence-electron chi connectivity index (χ2n) is 4.74. The molecule has 0 saturated heterocycles. The molecule has 24 heavy (non-hydrogen) atoms. The molecule has 0 aliphatic rings. The summed E-state index contributed by atoms with van der Waals surface area (Å²) in [6.45, 7) is 1.41. The van der Waals surface area contributed by atoms with Gasteiger partial charge in [-0.3, -0.25) is 14.9 Å². The van der Waals surface area contributed by atoms with Gasteiger partial charge in [-0.2, -0.15) is 0 Å². The van der Waals surface area contributed by atoms with E-state index in [1.54, 1.807) is 0 Å². The first kappa shape index (κ1) is 18.0. The summed E-state index contributed by atoms with van der Waals surface area (Å²) in [5.41, 5.74) is -0.161. The molecule has 1 N–H and O–H groups in total. The van der Waals surface area contributed by atoms with Gasteiger partial charge < -0.3 is 10.1 Å². The maximum atomic E-state index is 13.0. The van der Waals surface area contributed by atoms with Crippen molar-refractivity contribution in [3.8, 4) is 5.75 Å². The van der Waals surface area contributed by atoms with Crippen molar-refractivity contribution in [2.45, 2.75) is 13.0 Å². The van der Waals surface area contributed by atoms with Crippen molar-refractivity contribution in [3.63, 3.8) is 0 Å². The van der Waals surface area contributed by atoms with Crippen molar-refractivity contribution in [1.29, 1.82) is 0 Å². The third-order valence-electron chi connectivity index (χ3n) is 2.98. The molecule has 0 radical (unpaired) electrons. The van der Waals surface area contributed by atoms with Crippen LogP contribution < -0.4 is 10.1 Å². The summed E-state index contributed by atoms with van der Waals surface area (Å²) in [6, 6.07) is 7.32. The van der Waals surface area contributed by atoms with Gasteiger partial charge in [-0.25, -0.2) is 4.39 Å². The van der Waals surface area contributed by atoms with Gasteiger partial charge in [-0.15, -0.1) is 0 Å². The Morgan fingerprint density at radius 3 is 2.62 bits per heavy atom. The molecule has 0 heterocycles. The Morgan fingerprint density at radius 1 is 1.29 bits per heavy atom. The largest absolute Gasteiger partial charge is 0.474 e. The summed E-state index contributed by atoms with van der Waals surface area (Å²) in [4.78, 5) is 22.5. The van der Waals surface area contributed by atoms with E-state index >= 15 is 0 Å². The molecule has 0 aliphatic carbocycles. The predicted octanol–water partition coefficient (Wildman–Crippen LogP) is 4.45. The summed E-state index contributed by atoms with van der Waals surface area (Å²) >= 11 is 11.5. The van der Waals surface area contributed by atoms with Crippen molar-refractivity contribution < 1.29 is 18.8 Å². The minimum atomic E-state index is -1.06. The molecule has 9 heteroatoms. The number of benzene rings is 2. The zero-order chi connectivity index (χ0) is 17.9. The van der Waals surface area contributed by atoms with Gasteiger partial charge in [0.15, 0.2) is 11.9 Å². The van der Waals surface area contributed by atoms with E-state index < -0.39 is 22.8 Å². The molecular weight excluding hydrogens is 362 g/mol. The summed E-state index contributed by atoms with van der Waals surface area (Å²) in [7, 11) is 0. The minimum Gasteiger partial charge on any atom is -0.474 e. The molecule has 126 valence electrons. The standard InChI is InChI=1S/C15H11Cl2FN2O4/c1-8(15(21)19-12-4-3-10(18)7-11(12)17)24-14-5-2-9(16)6-13(14)20(22)23/h2-8H,1H3,(H,19,21)/t8-/m0/s1. The van der Waals surface area contributed by atoms with Crippen molar-refractivity contribution in [2.24, 2.45) is 0 Å². The van der Waals surface area contributed by atoms with Crippen molar-refractivity contribution in [3.05, 3.63) is 62.4 Å². The summed E-state index contributed by atoms with van der Waals surface area (Å²) < 4.78 is 18.3. The van der Waals surface area contributed by atoms with Crippen LogP contribution in [-0.4, -0.2) is 16.9 Å². The first-order valence-electron chi connectivity index (χ1n) is 6.64. The lowest BCUT2D eigenvalue weighted by Gasteiger charge is -2.15. The molecule has 0 unspecified atom stereocenters. The lowest BCUT2D eigenvalue weighted by Crippen LogP contribution is -2.30. The Bertz CT molecular complexity index is 801. The molecule has 2 rings (SSSR count). The average Bonchev–Trinajstić information content (AvgIpc) is 2.51. The molecule has 0 aliphatic heterocycles. The molecule has 6 nitrogen and oxygen atoms in total. The molecular formula is C15H11Cl2FN2O4. The number of hydrogen-bond acceptors (Lipinski definition) is 4. The highest BCUT2D eigenvalue weighted by Gasteiger charge is 2.22. The number of carbonyl (C=O) groups excluding carboxylic acids is 1. The van der Waals surface area contributed by atoms with E-state index in [1.807, 2.05) is 0 Å². The molecule has 1 amide bonds. The predicted molar refractivity (Wildman–Crippen MR) is 88.2 cm³/mol. The number of ether oxygens (including phenoxy) is 1.